The minimum atomic E-state index is 0.104. The van der Waals surface area contributed by atoms with Gasteiger partial charge in [0.05, 0.1) is 5.52 Å². The summed E-state index contributed by atoms with van der Waals surface area (Å²) < 4.78 is 0. The van der Waals surface area contributed by atoms with Crippen LogP contribution in [0.5, 0.6) is 0 Å². The standard InChI is InChI=1S/C23H25ClN4O/c1-25-23(29)17-10-12-28(13-11-17)21-14-22(27-20-5-3-2-4-19(20)21)26-15-16-6-8-18(24)9-7-16/h2-9,14,17H,10-13,15H2,1H3,(H,25,29)(H,26,27). The van der Waals surface area contributed by atoms with Gasteiger partial charge in [-0.15, -0.1) is 0 Å². The lowest BCUT2D eigenvalue weighted by Gasteiger charge is -2.33. The molecule has 1 aromatic heterocycles. The largest absolute Gasteiger partial charge is 0.371 e. The summed E-state index contributed by atoms with van der Waals surface area (Å²) in [6.45, 7) is 2.41. The van der Waals surface area contributed by atoms with Crippen molar-refractivity contribution in [3.8, 4) is 0 Å². The maximum absolute atomic E-state index is 12.0. The number of piperidine rings is 1. The average Bonchev–Trinajstić information content (AvgIpc) is 2.77. The Labute approximate surface area is 176 Å². The molecule has 0 atom stereocenters. The Morgan fingerprint density at radius 1 is 1.14 bits per heavy atom. The molecule has 1 aliphatic heterocycles. The summed E-state index contributed by atoms with van der Waals surface area (Å²) in [5.41, 5.74) is 3.29. The highest BCUT2D eigenvalue weighted by Crippen LogP contribution is 2.32. The zero-order chi connectivity index (χ0) is 20.2. The van der Waals surface area contributed by atoms with Crippen LogP contribution in [-0.2, 0) is 11.3 Å². The summed E-state index contributed by atoms with van der Waals surface area (Å²) in [5, 5.41) is 8.10. The lowest BCUT2D eigenvalue weighted by Crippen LogP contribution is -2.39. The van der Waals surface area contributed by atoms with E-state index in [1.807, 2.05) is 42.5 Å². The zero-order valence-corrected chi connectivity index (χ0v) is 17.2. The van der Waals surface area contributed by atoms with Crippen molar-refractivity contribution in [2.75, 3.05) is 30.4 Å². The number of nitrogens with zero attached hydrogens (tertiary/aromatic N) is 2. The molecule has 2 heterocycles. The van der Waals surface area contributed by atoms with Gasteiger partial charge in [0.25, 0.3) is 0 Å². The van der Waals surface area contributed by atoms with Gasteiger partial charge in [-0.05, 0) is 36.6 Å². The zero-order valence-electron chi connectivity index (χ0n) is 16.5. The fourth-order valence-corrected chi connectivity index (χ4v) is 4.02. The SMILES string of the molecule is CNC(=O)C1CCN(c2cc(NCc3ccc(Cl)cc3)nc3ccccc23)CC1. The fraction of sp³-hybridized carbons (Fsp3) is 0.304. The molecular weight excluding hydrogens is 384 g/mol. The highest BCUT2D eigenvalue weighted by atomic mass is 35.5. The lowest BCUT2D eigenvalue weighted by molar-refractivity contribution is -0.125. The van der Waals surface area contributed by atoms with Crippen LogP contribution in [0, 0.1) is 5.92 Å². The first kappa shape index (κ1) is 19.5. The average molecular weight is 409 g/mol. The number of halogens is 1. The maximum Gasteiger partial charge on any atom is 0.222 e. The Balaban J connectivity index is 1.56. The smallest absolute Gasteiger partial charge is 0.222 e. The molecule has 2 aromatic carbocycles. The topological polar surface area (TPSA) is 57.3 Å². The number of benzene rings is 2. The van der Waals surface area contributed by atoms with Crippen molar-refractivity contribution in [1.82, 2.24) is 10.3 Å². The summed E-state index contributed by atoms with van der Waals surface area (Å²) in [5.74, 6) is 1.10. The minimum Gasteiger partial charge on any atom is -0.371 e. The molecule has 0 unspecified atom stereocenters. The number of carbonyl (C=O) groups excluding carboxylic acids is 1. The van der Waals surface area contributed by atoms with Crippen molar-refractivity contribution >= 4 is 39.9 Å². The molecule has 3 aromatic rings. The monoisotopic (exact) mass is 408 g/mol. The van der Waals surface area contributed by atoms with E-state index in [1.165, 1.54) is 5.69 Å². The van der Waals surface area contributed by atoms with Crippen LogP contribution in [-0.4, -0.2) is 31.0 Å². The molecule has 5 nitrogen and oxygen atoms in total. The van der Waals surface area contributed by atoms with Gasteiger partial charge in [-0.1, -0.05) is 41.9 Å². The molecular formula is C23H25ClN4O. The van der Waals surface area contributed by atoms with Gasteiger partial charge in [0, 0.05) is 54.8 Å². The first-order valence-corrected chi connectivity index (χ1v) is 10.4. The number of nitrogens with one attached hydrogen (secondary N) is 2. The van der Waals surface area contributed by atoms with E-state index in [4.69, 9.17) is 16.6 Å². The Morgan fingerprint density at radius 2 is 1.86 bits per heavy atom. The predicted molar refractivity (Wildman–Crippen MR) is 120 cm³/mol. The van der Waals surface area contributed by atoms with Gasteiger partial charge in [0.1, 0.15) is 5.82 Å². The molecule has 6 heteroatoms. The van der Waals surface area contributed by atoms with E-state index in [0.29, 0.717) is 6.54 Å². The predicted octanol–water partition coefficient (Wildman–Crippen LogP) is 4.46. The van der Waals surface area contributed by atoms with Gasteiger partial charge in [0.2, 0.25) is 5.91 Å². The van der Waals surface area contributed by atoms with Crippen molar-refractivity contribution in [2.45, 2.75) is 19.4 Å². The van der Waals surface area contributed by atoms with E-state index < -0.39 is 0 Å². The van der Waals surface area contributed by atoms with Crippen molar-refractivity contribution in [1.29, 1.82) is 0 Å². The summed E-state index contributed by atoms with van der Waals surface area (Å²) in [4.78, 5) is 19.1. The summed E-state index contributed by atoms with van der Waals surface area (Å²) in [6.07, 6.45) is 1.73. The Hall–Kier alpha value is -2.79. The number of fused-ring (bicyclic) bond motifs is 1. The molecule has 150 valence electrons. The van der Waals surface area contributed by atoms with Gasteiger partial charge in [0.15, 0.2) is 0 Å². The molecule has 0 radical (unpaired) electrons. The summed E-state index contributed by atoms with van der Waals surface area (Å²) in [7, 11) is 1.71. The number of aromatic nitrogens is 1. The van der Waals surface area contributed by atoms with E-state index in [1.54, 1.807) is 7.05 Å². The summed E-state index contributed by atoms with van der Waals surface area (Å²) in [6, 6.07) is 18.2. The number of para-hydroxylation sites is 1. The Kier molecular flexibility index (Phi) is 5.86. The maximum atomic E-state index is 12.0. The van der Waals surface area contributed by atoms with E-state index in [2.05, 4.69) is 27.7 Å². The van der Waals surface area contributed by atoms with Crippen molar-refractivity contribution < 1.29 is 4.79 Å². The molecule has 0 bridgehead atoms. The number of hydrogen-bond acceptors (Lipinski definition) is 4. The van der Waals surface area contributed by atoms with Gasteiger partial charge in [-0.2, -0.15) is 0 Å². The van der Waals surface area contributed by atoms with Crippen molar-refractivity contribution in [3.05, 3.63) is 65.2 Å². The molecule has 1 aliphatic rings. The Bertz CT molecular complexity index is 997. The molecule has 0 spiro atoms. The van der Waals surface area contributed by atoms with Gasteiger partial charge < -0.3 is 15.5 Å². The van der Waals surface area contributed by atoms with E-state index in [9.17, 15) is 4.79 Å². The number of rotatable bonds is 5. The number of hydrogen-bond donors (Lipinski definition) is 2. The van der Waals surface area contributed by atoms with Crippen LogP contribution in [0.3, 0.4) is 0 Å². The quantitative estimate of drug-likeness (QED) is 0.654. The Morgan fingerprint density at radius 3 is 2.59 bits per heavy atom. The van der Waals surface area contributed by atoms with Gasteiger partial charge in [-0.25, -0.2) is 4.98 Å². The third-order valence-electron chi connectivity index (χ3n) is 5.53. The lowest BCUT2D eigenvalue weighted by atomic mass is 9.95. The van der Waals surface area contributed by atoms with Gasteiger partial charge >= 0.3 is 0 Å². The highest BCUT2D eigenvalue weighted by Gasteiger charge is 2.25. The molecule has 0 aliphatic carbocycles. The third-order valence-corrected chi connectivity index (χ3v) is 5.79. The number of pyridine rings is 1. The molecule has 1 saturated heterocycles. The van der Waals surface area contributed by atoms with Crippen LogP contribution < -0.4 is 15.5 Å². The third kappa shape index (κ3) is 4.46. The van der Waals surface area contributed by atoms with Crippen LogP contribution in [0.2, 0.25) is 5.02 Å². The van der Waals surface area contributed by atoms with Gasteiger partial charge in [-0.3, -0.25) is 4.79 Å². The number of amides is 1. The molecule has 29 heavy (non-hydrogen) atoms. The van der Waals surface area contributed by atoms with Crippen molar-refractivity contribution in [3.63, 3.8) is 0 Å². The normalized spacial score (nSPS) is 14.8. The fourth-order valence-electron chi connectivity index (χ4n) is 3.89. The minimum absolute atomic E-state index is 0.104. The second-order valence-corrected chi connectivity index (χ2v) is 7.84. The molecule has 0 saturated carbocycles. The summed E-state index contributed by atoms with van der Waals surface area (Å²) >= 11 is 5.98. The molecule has 1 fully saturated rings. The van der Waals surface area contributed by atoms with E-state index in [-0.39, 0.29) is 11.8 Å². The highest BCUT2D eigenvalue weighted by molar-refractivity contribution is 6.30. The van der Waals surface area contributed by atoms with Crippen LogP contribution in [0.25, 0.3) is 10.9 Å². The molecule has 1 amide bonds. The van der Waals surface area contributed by atoms with Crippen LogP contribution in [0.15, 0.2) is 54.6 Å². The second-order valence-electron chi connectivity index (χ2n) is 7.40. The number of anilines is 2. The van der Waals surface area contributed by atoms with E-state index >= 15 is 0 Å². The molecule has 2 N–H and O–H groups in total. The second kappa shape index (κ2) is 8.70. The molecule has 4 rings (SSSR count). The van der Waals surface area contributed by atoms with Crippen LogP contribution >= 0.6 is 11.6 Å². The first-order chi connectivity index (χ1) is 14.1. The van der Waals surface area contributed by atoms with Crippen LogP contribution in [0.4, 0.5) is 11.5 Å². The first-order valence-electron chi connectivity index (χ1n) is 9.98. The van der Waals surface area contributed by atoms with Crippen LogP contribution in [0.1, 0.15) is 18.4 Å². The van der Waals surface area contributed by atoms with E-state index in [0.717, 1.165) is 53.2 Å². The number of carbonyl (C=O) groups is 1. The van der Waals surface area contributed by atoms with Crippen molar-refractivity contribution in [2.24, 2.45) is 5.92 Å².